The molecule has 0 radical (unpaired) electrons. The highest BCUT2D eigenvalue weighted by atomic mass is 32.2. The monoisotopic (exact) mass is 291 g/mol. The summed E-state index contributed by atoms with van der Waals surface area (Å²) in [6, 6.07) is 8.23. The summed E-state index contributed by atoms with van der Waals surface area (Å²) in [5, 5.41) is 12.6. The van der Waals surface area contributed by atoms with Crippen LogP contribution in [0.15, 0.2) is 29.2 Å². The molecule has 0 aromatic heterocycles. The summed E-state index contributed by atoms with van der Waals surface area (Å²) < 4.78 is 0. The SMILES string of the molecule is O=C(NCC1(CO)CCCC1)C1Cc2ccccc2S1. The first-order valence-corrected chi connectivity index (χ1v) is 8.24. The highest BCUT2D eigenvalue weighted by Gasteiger charge is 2.35. The van der Waals surface area contributed by atoms with E-state index in [1.165, 1.54) is 23.3 Å². The van der Waals surface area contributed by atoms with Gasteiger partial charge in [0.05, 0.1) is 11.9 Å². The van der Waals surface area contributed by atoms with Gasteiger partial charge in [-0.15, -0.1) is 11.8 Å². The van der Waals surface area contributed by atoms with Gasteiger partial charge in [-0.05, 0) is 30.9 Å². The maximum Gasteiger partial charge on any atom is 0.233 e. The van der Waals surface area contributed by atoms with E-state index in [1.54, 1.807) is 11.8 Å². The van der Waals surface area contributed by atoms with Crippen molar-refractivity contribution in [3.63, 3.8) is 0 Å². The maximum absolute atomic E-state index is 12.3. The van der Waals surface area contributed by atoms with Gasteiger partial charge < -0.3 is 10.4 Å². The minimum Gasteiger partial charge on any atom is -0.396 e. The van der Waals surface area contributed by atoms with Crippen LogP contribution in [0.1, 0.15) is 31.2 Å². The Bertz CT molecular complexity index is 472. The first kappa shape index (κ1) is 14.0. The number of aliphatic hydroxyl groups excluding tert-OH is 1. The normalized spacial score (nSPS) is 23.6. The molecule has 3 rings (SSSR count). The number of amides is 1. The van der Waals surface area contributed by atoms with Crippen molar-refractivity contribution in [3.8, 4) is 0 Å². The zero-order chi connectivity index (χ0) is 14.0. The molecule has 4 heteroatoms. The van der Waals surface area contributed by atoms with Crippen molar-refractivity contribution in [1.82, 2.24) is 5.32 Å². The maximum atomic E-state index is 12.3. The molecule has 0 saturated heterocycles. The number of carbonyl (C=O) groups excluding carboxylic acids is 1. The number of carbonyl (C=O) groups is 1. The molecule has 1 aliphatic carbocycles. The molecule has 1 atom stereocenters. The fourth-order valence-electron chi connectivity index (χ4n) is 3.23. The van der Waals surface area contributed by atoms with Crippen LogP contribution in [0.3, 0.4) is 0 Å². The average Bonchev–Trinajstić information content (AvgIpc) is 3.12. The summed E-state index contributed by atoms with van der Waals surface area (Å²) >= 11 is 1.66. The Morgan fingerprint density at radius 3 is 2.80 bits per heavy atom. The molecule has 1 aromatic rings. The van der Waals surface area contributed by atoms with Crippen LogP contribution in [0.25, 0.3) is 0 Å². The molecular formula is C16H21NO2S. The Balaban J connectivity index is 1.56. The number of hydrogen-bond donors (Lipinski definition) is 2. The minimum atomic E-state index is -0.0637. The summed E-state index contributed by atoms with van der Waals surface area (Å²) in [5.74, 6) is 0.117. The van der Waals surface area contributed by atoms with E-state index in [0.29, 0.717) is 6.54 Å². The van der Waals surface area contributed by atoms with Crippen molar-refractivity contribution < 1.29 is 9.90 Å². The molecule has 0 bridgehead atoms. The Hall–Kier alpha value is -1.00. The van der Waals surface area contributed by atoms with Crippen LogP contribution in [0.5, 0.6) is 0 Å². The molecule has 1 aromatic carbocycles. The summed E-state index contributed by atoms with van der Waals surface area (Å²) in [6.45, 7) is 0.807. The molecule has 1 heterocycles. The smallest absolute Gasteiger partial charge is 0.233 e. The first-order chi connectivity index (χ1) is 9.72. The molecule has 0 spiro atoms. The molecule has 1 saturated carbocycles. The summed E-state index contributed by atoms with van der Waals surface area (Å²) in [5.41, 5.74) is 1.21. The van der Waals surface area contributed by atoms with E-state index in [1.807, 2.05) is 12.1 Å². The van der Waals surface area contributed by atoms with E-state index >= 15 is 0 Å². The quantitative estimate of drug-likeness (QED) is 0.895. The first-order valence-electron chi connectivity index (χ1n) is 7.36. The number of fused-ring (bicyclic) bond motifs is 1. The van der Waals surface area contributed by atoms with Gasteiger partial charge in [-0.25, -0.2) is 0 Å². The van der Waals surface area contributed by atoms with E-state index in [2.05, 4.69) is 17.4 Å². The zero-order valence-corrected chi connectivity index (χ0v) is 12.4. The fourth-order valence-corrected chi connectivity index (χ4v) is 4.45. The standard InChI is InChI=1S/C16H21NO2S/c18-11-16(7-3-4-8-16)10-17-15(19)14-9-12-5-1-2-6-13(12)20-14/h1-2,5-6,14,18H,3-4,7-11H2,(H,17,19). The van der Waals surface area contributed by atoms with Crippen molar-refractivity contribution in [2.24, 2.45) is 5.41 Å². The van der Waals surface area contributed by atoms with Gasteiger partial charge in [-0.1, -0.05) is 31.0 Å². The lowest BCUT2D eigenvalue weighted by Crippen LogP contribution is -2.41. The van der Waals surface area contributed by atoms with Crippen molar-refractivity contribution in [2.75, 3.05) is 13.2 Å². The highest BCUT2D eigenvalue weighted by molar-refractivity contribution is 8.01. The molecular weight excluding hydrogens is 270 g/mol. The van der Waals surface area contributed by atoms with Crippen LogP contribution < -0.4 is 5.32 Å². The molecule has 1 aliphatic heterocycles. The number of rotatable bonds is 4. The third kappa shape index (κ3) is 2.72. The molecule has 2 N–H and O–H groups in total. The Morgan fingerprint density at radius 2 is 2.10 bits per heavy atom. The Morgan fingerprint density at radius 1 is 1.35 bits per heavy atom. The van der Waals surface area contributed by atoms with Crippen molar-refractivity contribution >= 4 is 17.7 Å². The fraction of sp³-hybridized carbons (Fsp3) is 0.562. The Kier molecular flexibility index (Phi) is 4.03. The predicted octanol–water partition coefficient (Wildman–Crippen LogP) is 2.37. The van der Waals surface area contributed by atoms with Gasteiger partial charge in [0.25, 0.3) is 0 Å². The molecule has 1 amide bonds. The Labute approximate surface area is 124 Å². The topological polar surface area (TPSA) is 49.3 Å². The lowest BCUT2D eigenvalue weighted by molar-refractivity contribution is -0.121. The second-order valence-corrected chi connectivity index (χ2v) is 7.25. The van der Waals surface area contributed by atoms with E-state index in [-0.39, 0.29) is 23.2 Å². The summed E-state index contributed by atoms with van der Waals surface area (Å²) in [4.78, 5) is 13.5. The van der Waals surface area contributed by atoms with Gasteiger partial charge in [-0.3, -0.25) is 4.79 Å². The largest absolute Gasteiger partial charge is 0.396 e. The van der Waals surface area contributed by atoms with Crippen molar-refractivity contribution in [3.05, 3.63) is 29.8 Å². The molecule has 1 unspecified atom stereocenters. The average molecular weight is 291 g/mol. The number of benzene rings is 1. The second-order valence-electron chi connectivity index (χ2n) is 6.00. The van der Waals surface area contributed by atoms with E-state index in [0.717, 1.165) is 19.3 Å². The summed E-state index contributed by atoms with van der Waals surface area (Å²) in [6.07, 6.45) is 5.21. The molecule has 20 heavy (non-hydrogen) atoms. The molecule has 108 valence electrons. The third-order valence-corrected chi connectivity index (χ3v) is 5.89. The lowest BCUT2D eigenvalue weighted by atomic mass is 9.87. The number of hydrogen-bond acceptors (Lipinski definition) is 3. The van der Waals surface area contributed by atoms with Crippen LogP contribution in [0.4, 0.5) is 0 Å². The molecule has 1 fully saturated rings. The van der Waals surface area contributed by atoms with Crippen LogP contribution in [0.2, 0.25) is 0 Å². The van der Waals surface area contributed by atoms with Gasteiger partial charge in [0, 0.05) is 16.9 Å². The van der Waals surface area contributed by atoms with Crippen LogP contribution in [-0.2, 0) is 11.2 Å². The number of thioether (sulfide) groups is 1. The predicted molar refractivity (Wildman–Crippen MR) is 80.8 cm³/mol. The van der Waals surface area contributed by atoms with Crippen LogP contribution in [0, 0.1) is 5.41 Å². The van der Waals surface area contributed by atoms with Crippen molar-refractivity contribution in [2.45, 2.75) is 42.2 Å². The van der Waals surface area contributed by atoms with Crippen LogP contribution >= 0.6 is 11.8 Å². The highest BCUT2D eigenvalue weighted by Crippen LogP contribution is 2.38. The van der Waals surface area contributed by atoms with Gasteiger partial charge in [-0.2, -0.15) is 0 Å². The second kappa shape index (κ2) is 5.78. The van der Waals surface area contributed by atoms with Crippen LogP contribution in [-0.4, -0.2) is 29.4 Å². The number of aliphatic hydroxyl groups is 1. The summed E-state index contributed by atoms with van der Waals surface area (Å²) in [7, 11) is 0. The molecule has 3 nitrogen and oxygen atoms in total. The minimum absolute atomic E-state index is 0.00968. The zero-order valence-electron chi connectivity index (χ0n) is 11.6. The third-order valence-electron chi connectivity index (χ3n) is 4.58. The van der Waals surface area contributed by atoms with Gasteiger partial charge in [0.15, 0.2) is 0 Å². The van der Waals surface area contributed by atoms with Gasteiger partial charge >= 0.3 is 0 Å². The van der Waals surface area contributed by atoms with E-state index < -0.39 is 0 Å². The molecule has 2 aliphatic rings. The van der Waals surface area contributed by atoms with Gasteiger partial charge in [0.2, 0.25) is 5.91 Å². The lowest BCUT2D eigenvalue weighted by Gasteiger charge is -2.27. The van der Waals surface area contributed by atoms with E-state index in [4.69, 9.17) is 0 Å². The van der Waals surface area contributed by atoms with E-state index in [9.17, 15) is 9.90 Å². The van der Waals surface area contributed by atoms with Crippen molar-refractivity contribution in [1.29, 1.82) is 0 Å². The van der Waals surface area contributed by atoms with Gasteiger partial charge in [0.1, 0.15) is 0 Å². The number of nitrogens with one attached hydrogen (secondary N) is 1.